The Morgan fingerprint density at radius 3 is 2.50 bits per heavy atom. The summed E-state index contributed by atoms with van der Waals surface area (Å²) in [6, 6.07) is 2.08. The summed E-state index contributed by atoms with van der Waals surface area (Å²) >= 11 is 0. The first-order valence-corrected chi connectivity index (χ1v) is 7.87. The van der Waals surface area contributed by atoms with Crippen molar-refractivity contribution in [2.75, 3.05) is 13.4 Å². The fourth-order valence-corrected chi connectivity index (χ4v) is 2.63. The molecule has 0 bridgehead atoms. The van der Waals surface area contributed by atoms with Gasteiger partial charge in [-0.15, -0.1) is 0 Å². The summed E-state index contributed by atoms with van der Waals surface area (Å²) in [6.07, 6.45) is 0.875. The summed E-state index contributed by atoms with van der Waals surface area (Å²) in [5.74, 6) is -0.969. The molecule has 118 valence electrons. The topological polar surface area (TPSA) is 141 Å². The zero-order valence-electron chi connectivity index (χ0n) is 11.5. The Hall–Kier alpha value is -2.69. The first-order chi connectivity index (χ1) is 10.1. The Morgan fingerprint density at radius 2 is 2.00 bits per heavy atom. The summed E-state index contributed by atoms with van der Waals surface area (Å²) in [5.41, 5.74) is -2.35. The van der Waals surface area contributed by atoms with Crippen LogP contribution in [0.4, 0.5) is 5.69 Å². The van der Waals surface area contributed by atoms with Gasteiger partial charge in [-0.3, -0.25) is 14.9 Å². The number of fused-ring (bicyclic) bond motifs is 1. The molecular weight excluding hydrogens is 318 g/mol. The van der Waals surface area contributed by atoms with Crippen molar-refractivity contribution in [2.24, 2.45) is 0 Å². The van der Waals surface area contributed by atoms with Crippen molar-refractivity contribution in [3.05, 3.63) is 43.1 Å². The number of methoxy groups -OCH3 is 1. The van der Waals surface area contributed by atoms with Crippen LogP contribution in [0, 0.1) is 10.1 Å². The van der Waals surface area contributed by atoms with Crippen molar-refractivity contribution in [1.29, 1.82) is 0 Å². The molecule has 1 aromatic carbocycles. The van der Waals surface area contributed by atoms with E-state index in [1.165, 1.54) is 7.11 Å². The number of rotatable bonds is 4. The number of hydrogen-bond donors (Lipinski definition) is 1. The third-order valence-electron chi connectivity index (χ3n) is 2.84. The van der Waals surface area contributed by atoms with Gasteiger partial charge in [0.2, 0.25) is 0 Å². The van der Waals surface area contributed by atoms with Gasteiger partial charge in [0.05, 0.1) is 22.9 Å². The van der Waals surface area contributed by atoms with Gasteiger partial charge in [-0.25, -0.2) is 17.8 Å². The molecule has 0 atom stereocenters. The molecular formula is C11H11N3O7S. The van der Waals surface area contributed by atoms with E-state index in [0.29, 0.717) is 4.57 Å². The fraction of sp³-hybridized carbons (Fsp3) is 0.273. The van der Waals surface area contributed by atoms with Crippen LogP contribution >= 0.6 is 0 Å². The number of nitrogens with zero attached hydrogens (tertiary/aromatic N) is 2. The van der Waals surface area contributed by atoms with Crippen molar-refractivity contribution in [2.45, 2.75) is 5.88 Å². The molecule has 10 nitrogen and oxygen atoms in total. The Morgan fingerprint density at radius 1 is 1.36 bits per heavy atom. The smallest absolute Gasteiger partial charge is 0.329 e. The number of aromatic amines is 1. The predicted octanol–water partition coefficient (Wildman–Crippen LogP) is -0.391. The summed E-state index contributed by atoms with van der Waals surface area (Å²) in [5, 5.41) is 10.8. The van der Waals surface area contributed by atoms with Crippen molar-refractivity contribution < 1.29 is 18.1 Å². The number of sulfone groups is 1. The molecule has 0 aliphatic carbocycles. The van der Waals surface area contributed by atoms with E-state index < -0.39 is 37.6 Å². The summed E-state index contributed by atoms with van der Waals surface area (Å²) < 4.78 is 27.9. The quantitative estimate of drug-likeness (QED) is 0.594. The molecule has 0 amide bonds. The van der Waals surface area contributed by atoms with E-state index in [4.69, 9.17) is 4.74 Å². The van der Waals surface area contributed by atoms with Crippen LogP contribution < -0.4 is 16.0 Å². The van der Waals surface area contributed by atoms with Gasteiger partial charge >= 0.3 is 11.4 Å². The maximum Gasteiger partial charge on any atom is 0.329 e. The Bertz CT molecular complexity index is 987. The second kappa shape index (κ2) is 5.26. The summed E-state index contributed by atoms with van der Waals surface area (Å²) in [4.78, 5) is 36.5. The van der Waals surface area contributed by atoms with Crippen molar-refractivity contribution >= 4 is 26.4 Å². The third-order valence-corrected chi connectivity index (χ3v) is 3.57. The van der Waals surface area contributed by atoms with Gasteiger partial charge in [0, 0.05) is 18.4 Å². The highest BCUT2D eigenvalue weighted by atomic mass is 32.2. The molecule has 0 fully saturated rings. The van der Waals surface area contributed by atoms with Crippen LogP contribution in [-0.2, 0) is 15.7 Å². The Kier molecular flexibility index (Phi) is 3.75. The summed E-state index contributed by atoms with van der Waals surface area (Å²) in [7, 11) is -2.44. The van der Waals surface area contributed by atoms with E-state index in [1.807, 2.05) is 0 Å². The minimum atomic E-state index is -3.62. The molecule has 2 aromatic rings. The van der Waals surface area contributed by atoms with Crippen LogP contribution in [-0.4, -0.2) is 36.3 Å². The average molecular weight is 329 g/mol. The van der Waals surface area contributed by atoms with E-state index in [1.54, 1.807) is 0 Å². The average Bonchev–Trinajstić information content (AvgIpc) is 2.41. The van der Waals surface area contributed by atoms with Gasteiger partial charge in [0.1, 0.15) is 5.88 Å². The molecule has 0 unspecified atom stereocenters. The number of nitro benzene ring substituents is 1. The number of aromatic nitrogens is 2. The summed E-state index contributed by atoms with van der Waals surface area (Å²) in [6.45, 7) is 0. The lowest BCUT2D eigenvalue weighted by molar-refractivity contribution is -0.385. The van der Waals surface area contributed by atoms with Crippen LogP contribution in [0.25, 0.3) is 10.9 Å². The first-order valence-electron chi connectivity index (χ1n) is 5.81. The lowest BCUT2D eigenvalue weighted by Crippen LogP contribution is -2.37. The zero-order chi connectivity index (χ0) is 16.7. The Balaban J connectivity index is 2.87. The number of hydrogen-bond acceptors (Lipinski definition) is 7. The van der Waals surface area contributed by atoms with Crippen LogP contribution in [0.15, 0.2) is 21.7 Å². The molecule has 0 spiro atoms. The van der Waals surface area contributed by atoms with Gasteiger partial charge in [-0.2, -0.15) is 0 Å². The highest BCUT2D eigenvalue weighted by molar-refractivity contribution is 7.89. The van der Waals surface area contributed by atoms with Crippen LogP contribution in [0.1, 0.15) is 0 Å². The minimum Gasteiger partial charge on any atom is -0.490 e. The van der Waals surface area contributed by atoms with Crippen LogP contribution in [0.5, 0.6) is 5.75 Å². The maximum atomic E-state index is 12.2. The predicted molar refractivity (Wildman–Crippen MR) is 76.9 cm³/mol. The molecule has 11 heteroatoms. The van der Waals surface area contributed by atoms with Crippen LogP contribution in [0.3, 0.4) is 0 Å². The van der Waals surface area contributed by atoms with E-state index >= 15 is 0 Å². The monoisotopic (exact) mass is 329 g/mol. The van der Waals surface area contributed by atoms with E-state index in [-0.39, 0.29) is 16.7 Å². The number of nitro groups is 1. The molecule has 0 aliphatic heterocycles. The first kappa shape index (κ1) is 15.7. The molecule has 22 heavy (non-hydrogen) atoms. The van der Waals surface area contributed by atoms with E-state index in [9.17, 15) is 28.1 Å². The zero-order valence-corrected chi connectivity index (χ0v) is 12.3. The highest BCUT2D eigenvalue weighted by Crippen LogP contribution is 2.29. The number of benzene rings is 1. The standard InChI is InChI=1S/C11H11N3O7S/c1-21-9-3-6-7(4-8(9)14(17)18)12-11(16)13(10(6)15)5-22(2,19)20/h3-4H,5H2,1-2H3,(H,12,16). The second-order valence-electron chi connectivity index (χ2n) is 4.54. The van der Waals surface area contributed by atoms with Gasteiger partial charge in [0.15, 0.2) is 15.6 Å². The largest absolute Gasteiger partial charge is 0.490 e. The van der Waals surface area contributed by atoms with Crippen molar-refractivity contribution in [3.63, 3.8) is 0 Å². The molecule has 1 N–H and O–H groups in total. The van der Waals surface area contributed by atoms with Gasteiger partial charge < -0.3 is 9.72 Å². The minimum absolute atomic E-state index is 0.0766. The van der Waals surface area contributed by atoms with Gasteiger partial charge in [0.25, 0.3) is 5.56 Å². The fourth-order valence-electron chi connectivity index (χ4n) is 1.93. The third kappa shape index (κ3) is 2.83. The van der Waals surface area contributed by atoms with Gasteiger partial charge in [-0.1, -0.05) is 0 Å². The molecule has 0 saturated heterocycles. The molecule has 1 aromatic heterocycles. The maximum absolute atomic E-state index is 12.2. The van der Waals surface area contributed by atoms with E-state index in [2.05, 4.69) is 4.98 Å². The second-order valence-corrected chi connectivity index (χ2v) is 6.65. The molecule has 0 saturated carbocycles. The molecule has 0 radical (unpaired) electrons. The van der Waals surface area contributed by atoms with Crippen molar-refractivity contribution in [3.8, 4) is 5.75 Å². The van der Waals surface area contributed by atoms with E-state index in [0.717, 1.165) is 18.4 Å². The molecule has 1 heterocycles. The normalized spacial score (nSPS) is 11.5. The lowest BCUT2D eigenvalue weighted by atomic mass is 10.2. The van der Waals surface area contributed by atoms with Crippen molar-refractivity contribution in [1.82, 2.24) is 9.55 Å². The molecule has 0 aliphatic rings. The SMILES string of the molecule is COc1cc2c(=O)n(CS(C)(=O)=O)c(=O)[nH]c2cc1[N+](=O)[O-]. The Labute approximate surface area is 123 Å². The number of H-pyrrole nitrogens is 1. The van der Waals surface area contributed by atoms with Gasteiger partial charge in [-0.05, 0) is 0 Å². The molecule has 2 rings (SSSR count). The number of nitrogens with one attached hydrogen (secondary N) is 1. The lowest BCUT2D eigenvalue weighted by Gasteiger charge is -2.07. The highest BCUT2D eigenvalue weighted by Gasteiger charge is 2.20. The number of ether oxygens (including phenoxy) is 1. The van der Waals surface area contributed by atoms with Crippen LogP contribution in [0.2, 0.25) is 0 Å².